The Balaban J connectivity index is 1.86. The second-order valence-corrected chi connectivity index (χ2v) is 5.21. The standard InChI is InChI=1S/C13H17ClFN3O/c14-11-5-10(1-2-12(11)15)17-13(19)8-18-4-3-9(6-16)7-18/h1-2,5,9H,3-4,6-8,16H2,(H,17,19). The molecule has 104 valence electrons. The number of likely N-dealkylation sites (tertiary alicyclic amines) is 1. The summed E-state index contributed by atoms with van der Waals surface area (Å²) in [6.07, 6.45) is 1.03. The molecule has 1 aliphatic rings. The van der Waals surface area contributed by atoms with Crippen LogP contribution in [-0.2, 0) is 4.79 Å². The third-order valence-corrected chi connectivity index (χ3v) is 3.56. The fraction of sp³-hybridized carbons (Fsp3) is 0.462. The van der Waals surface area contributed by atoms with Gasteiger partial charge in [0.2, 0.25) is 5.91 Å². The second-order valence-electron chi connectivity index (χ2n) is 4.80. The lowest BCUT2D eigenvalue weighted by Crippen LogP contribution is -2.32. The Morgan fingerprint density at radius 1 is 1.58 bits per heavy atom. The first-order valence-corrected chi connectivity index (χ1v) is 6.63. The highest BCUT2D eigenvalue weighted by molar-refractivity contribution is 6.31. The van der Waals surface area contributed by atoms with Crippen LogP contribution in [0.2, 0.25) is 5.02 Å². The van der Waals surface area contributed by atoms with Gasteiger partial charge in [-0.25, -0.2) is 4.39 Å². The van der Waals surface area contributed by atoms with Crippen molar-refractivity contribution in [1.29, 1.82) is 0 Å². The molecule has 1 saturated heterocycles. The zero-order chi connectivity index (χ0) is 13.8. The average molecular weight is 286 g/mol. The molecule has 1 atom stereocenters. The molecular formula is C13H17ClFN3O. The van der Waals surface area contributed by atoms with Crippen LogP contribution in [0, 0.1) is 11.7 Å². The number of carbonyl (C=O) groups excluding carboxylic acids is 1. The van der Waals surface area contributed by atoms with E-state index in [-0.39, 0.29) is 10.9 Å². The highest BCUT2D eigenvalue weighted by Gasteiger charge is 2.22. The van der Waals surface area contributed by atoms with Crippen LogP contribution >= 0.6 is 11.6 Å². The highest BCUT2D eigenvalue weighted by Crippen LogP contribution is 2.19. The Hall–Kier alpha value is -1.17. The molecule has 0 spiro atoms. The summed E-state index contributed by atoms with van der Waals surface area (Å²) in [6.45, 7) is 2.73. The normalized spacial score (nSPS) is 19.6. The summed E-state index contributed by atoms with van der Waals surface area (Å²) in [5, 5.41) is 2.71. The second kappa shape index (κ2) is 6.32. The minimum Gasteiger partial charge on any atom is -0.330 e. The highest BCUT2D eigenvalue weighted by atomic mass is 35.5. The smallest absolute Gasteiger partial charge is 0.238 e. The summed E-state index contributed by atoms with van der Waals surface area (Å²) < 4.78 is 13.0. The SMILES string of the molecule is NCC1CCN(CC(=O)Nc2ccc(F)c(Cl)c2)C1. The first-order valence-electron chi connectivity index (χ1n) is 6.26. The molecule has 1 amide bonds. The quantitative estimate of drug-likeness (QED) is 0.885. The van der Waals surface area contributed by atoms with Crippen LogP contribution in [0.5, 0.6) is 0 Å². The van der Waals surface area contributed by atoms with Crippen molar-refractivity contribution >= 4 is 23.2 Å². The number of amides is 1. The summed E-state index contributed by atoms with van der Waals surface area (Å²) in [7, 11) is 0. The van der Waals surface area contributed by atoms with Gasteiger partial charge in [0.1, 0.15) is 5.82 Å². The van der Waals surface area contributed by atoms with Crippen molar-refractivity contribution in [3.8, 4) is 0 Å². The summed E-state index contributed by atoms with van der Waals surface area (Å²) in [5.74, 6) is -0.140. The molecule has 19 heavy (non-hydrogen) atoms. The van der Waals surface area contributed by atoms with Crippen LogP contribution in [0.15, 0.2) is 18.2 Å². The lowest BCUT2D eigenvalue weighted by atomic mass is 10.1. The Labute approximate surface area is 116 Å². The Kier molecular flexibility index (Phi) is 4.74. The van der Waals surface area contributed by atoms with Crippen molar-refractivity contribution in [2.75, 3.05) is 31.5 Å². The number of rotatable bonds is 4. The molecule has 3 N–H and O–H groups in total. The molecular weight excluding hydrogens is 269 g/mol. The maximum atomic E-state index is 13.0. The number of anilines is 1. The van der Waals surface area contributed by atoms with Crippen LogP contribution in [-0.4, -0.2) is 37.0 Å². The summed E-state index contributed by atoms with van der Waals surface area (Å²) in [5.41, 5.74) is 6.11. The molecule has 0 radical (unpaired) electrons. The molecule has 0 saturated carbocycles. The monoisotopic (exact) mass is 285 g/mol. The summed E-state index contributed by atoms with van der Waals surface area (Å²) >= 11 is 5.65. The van der Waals surface area contributed by atoms with Gasteiger partial charge in [0.15, 0.2) is 0 Å². The lowest BCUT2D eigenvalue weighted by molar-refractivity contribution is -0.117. The van der Waals surface area contributed by atoms with E-state index in [2.05, 4.69) is 10.2 Å². The van der Waals surface area contributed by atoms with E-state index in [4.69, 9.17) is 17.3 Å². The van der Waals surface area contributed by atoms with Crippen molar-refractivity contribution in [3.63, 3.8) is 0 Å². The zero-order valence-electron chi connectivity index (χ0n) is 10.5. The van der Waals surface area contributed by atoms with Crippen LogP contribution in [0.25, 0.3) is 0 Å². The fourth-order valence-corrected chi connectivity index (χ4v) is 2.41. The topological polar surface area (TPSA) is 58.4 Å². The van der Waals surface area contributed by atoms with Gasteiger partial charge in [-0.15, -0.1) is 0 Å². The van der Waals surface area contributed by atoms with Crippen molar-refractivity contribution in [1.82, 2.24) is 4.90 Å². The van der Waals surface area contributed by atoms with Gasteiger partial charge in [0.05, 0.1) is 11.6 Å². The van der Waals surface area contributed by atoms with Gasteiger partial charge in [-0.1, -0.05) is 11.6 Å². The maximum Gasteiger partial charge on any atom is 0.238 e. The number of nitrogens with two attached hydrogens (primary N) is 1. The maximum absolute atomic E-state index is 13.0. The molecule has 1 unspecified atom stereocenters. The first kappa shape index (κ1) is 14.2. The van der Waals surface area contributed by atoms with Crippen molar-refractivity contribution in [3.05, 3.63) is 29.0 Å². The van der Waals surface area contributed by atoms with Crippen LogP contribution in [0.1, 0.15) is 6.42 Å². The van der Waals surface area contributed by atoms with Gasteiger partial charge >= 0.3 is 0 Å². The molecule has 1 aliphatic heterocycles. The molecule has 1 aromatic carbocycles. The molecule has 1 heterocycles. The lowest BCUT2D eigenvalue weighted by Gasteiger charge is -2.15. The number of hydrogen-bond donors (Lipinski definition) is 2. The number of halogens is 2. The van der Waals surface area contributed by atoms with Gasteiger partial charge in [0.25, 0.3) is 0 Å². The predicted molar refractivity (Wildman–Crippen MR) is 73.6 cm³/mol. The van der Waals surface area contributed by atoms with E-state index in [0.29, 0.717) is 24.7 Å². The Morgan fingerprint density at radius 2 is 2.37 bits per heavy atom. The third-order valence-electron chi connectivity index (χ3n) is 3.27. The molecule has 1 fully saturated rings. The fourth-order valence-electron chi connectivity index (χ4n) is 2.23. The summed E-state index contributed by atoms with van der Waals surface area (Å²) in [4.78, 5) is 13.9. The molecule has 0 aromatic heterocycles. The largest absolute Gasteiger partial charge is 0.330 e. The summed E-state index contributed by atoms with van der Waals surface area (Å²) in [6, 6.07) is 4.13. The van der Waals surface area contributed by atoms with Crippen LogP contribution < -0.4 is 11.1 Å². The predicted octanol–water partition coefficient (Wildman–Crippen LogP) is 1.70. The first-order chi connectivity index (χ1) is 9.08. The molecule has 1 aromatic rings. The van der Waals surface area contributed by atoms with Gasteiger partial charge < -0.3 is 11.1 Å². The number of nitrogens with one attached hydrogen (secondary N) is 1. The van der Waals surface area contributed by atoms with E-state index < -0.39 is 5.82 Å². The molecule has 4 nitrogen and oxygen atoms in total. The van der Waals surface area contributed by atoms with Crippen molar-refractivity contribution in [2.24, 2.45) is 11.7 Å². The van der Waals surface area contributed by atoms with E-state index >= 15 is 0 Å². The average Bonchev–Trinajstić information content (AvgIpc) is 2.81. The zero-order valence-corrected chi connectivity index (χ0v) is 11.3. The third kappa shape index (κ3) is 3.89. The van der Waals surface area contributed by atoms with Gasteiger partial charge in [-0.3, -0.25) is 9.69 Å². The molecule has 0 bridgehead atoms. The Morgan fingerprint density at radius 3 is 3.00 bits per heavy atom. The van der Waals surface area contributed by atoms with Crippen LogP contribution in [0.4, 0.5) is 10.1 Å². The van der Waals surface area contributed by atoms with Gasteiger partial charge in [0, 0.05) is 12.2 Å². The van der Waals surface area contributed by atoms with E-state index in [0.717, 1.165) is 19.5 Å². The minimum absolute atomic E-state index is 0.00201. The van der Waals surface area contributed by atoms with Crippen molar-refractivity contribution < 1.29 is 9.18 Å². The van der Waals surface area contributed by atoms with Crippen molar-refractivity contribution in [2.45, 2.75) is 6.42 Å². The number of benzene rings is 1. The number of nitrogens with zero attached hydrogens (tertiary/aromatic N) is 1. The van der Waals surface area contributed by atoms with Gasteiger partial charge in [-0.05, 0) is 43.6 Å². The Bertz CT molecular complexity index is 469. The number of carbonyl (C=O) groups is 1. The van der Waals surface area contributed by atoms with E-state index in [1.54, 1.807) is 0 Å². The number of hydrogen-bond acceptors (Lipinski definition) is 3. The van der Waals surface area contributed by atoms with E-state index in [1.165, 1.54) is 18.2 Å². The molecule has 6 heteroatoms. The van der Waals surface area contributed by atoms with E-state index in [9.17, 15) is 9.18 Å². The van der Waals surface area contributed by atoms with E-state index in [1.807, 2.05) is 0 Å². The van der Waals surface area contributed by atoms with Gasteiger partial charge in [-0.2, -0.15) is 0 Å². The molecule has 2 rings (SSSR count). The molecule has 0 aliphatic carbocycles. The van der Waals surface area contributed by atoms with Crippen LogP contribution in [0.3, 0.4) is 0 Å². The minimum atomic E-state index is -0.495.